The fourth-order valence-corrected chi connectivity index (χ4v) is 3.20. The van der Waals surface area contributed by atoms with Gasteiger partial charge < -0.3 is 21.1 Å². The van der Waals surface area contributed by atoms with Crippen LogP contribution >= 0.6 is 11.3 Å². The molecule has 0 saturated carbocycles. The molecule has 0 atom stereocenters. The monoisotopic (exact) mass is 346 g/mol. The van der Waals surface area contributed by atoms with E-state index in [0.717, 1.165) is 16.1 Å². The lowest BCUT2D eigenvalue weighted by Crippen LogP contribution is -2.45. The van der Waals surface area contributed by atoms with Crippen LogP contribution in [0.15, 0.2) is 18.2 Å². The third-order valence-corrected chi connectivity index (χ3v) is 4.53. The van der Waals surface area contributed by atoms with E-state index in [1.54, 1.807) is 13.8 Å². The molecule has 0 bridgehead atoms. The number of nitrogens with two attached hydrogens (primary N) is 1. The molecule has 1 aromatic heterocycles. The van der Waals surface area contributed by atoms with Gasteiger partial charge in [-0.25, -0.2) is 4.98 Å². The number of nitrogens with zero attached hydrogens (tertiary/aromatic N) is 1. The summed E-state index contributed by atoms with van der Waals surface area (Å²) in [6, 6.07) is 5.50. The lowest BCUT2D eigenvalue weighted by atomic mass is 10.0. The van der Waals surface area contributed by atoms with Crippen LogP contribution < -0.4 is 21.1 Å². The molecule has 126 valence electrons. The minimum Gasteiger partial charge on any atom is -0.476 e. The van der Waals surface area contributed by atoms with Gasteiger partial charge in [-0.2, -0.15) is 0 Å². The average Bonchev–Trinajstić information content (AvgIpc) is 2.88. The Bertz CT molecular complexity index is 829. The van der Waals surface area contributed by atoms with Crippen LogP contribution in [0.25, 0.3) is 11.3 Å². The second-order valence-electron chi connectivity index (χ2n) is 5.95. The van der Waals surface area contributed by atoms with Gasteiger partial charge in [0, 0.05) is 10.4 Å². The number of fused-ring (bicyclic) bond motifs is 1. The number of ether oxygens (including phenoxy) is 1. The summed E-state index contributed by atoms with van der Waals surface area (Å²) in [5.74, 6) is 0.134. The Balaban J connectivity index is 1.93. The molecule has 4 N–H and O–H groups in total. The van der Waals surface area contributed by atoms with Crippen LogP contribution in [0.3, 0.4) is 0 Å². The van der Waals surface area contributed by atoms with E-state index in [4.69, 9.17) is 10.5 Å². The quantitative estimate of drug-likeness (QED) is 0.789. The first-order valence-electron chi connectivity index (χ1n) is 7.42. The molecule has 0 spiro atoms. The maximum absolute atomic E-state index is 12.0. The third kappa shape index (κ3) is 2.98. The van der Waals surface area contributed by atoms with Crippen LogP contribution in [0, 0.1) is 6.92 Å². The third-order valence-electron chi connectivity index (χ3n) is 3.64. The number of benzene rings is 1. The van der Waals surface area contributed by atoms with E-state index in [9.17, 15) is 9.59 Å². The Morgan fingerprint density at radius 2 is 2.21 bits per heavy atom. The molecule has 1 aliphatic heterocycles. The Labute approximate surface area is 143 Å². The number of rotatable bonds is 3. The Hall–Kier alpha value is -2.45. The molecular formula is C16H18N4O3S. The van der Waals surface area contributed by atoms with E-state index in [1.165, 1.54) is 11.3 Å². The predicted octanol–water partition coefficient (Wildman–Crippen LogP) is 2.13. The average molecular weight is 346 g/mol. The van der Waals surface area contributed by atoms with E-state index in [0.29, 0.717) is 16.6 Å². The summed E-state index contributed by atoms with van der Waals surface area (Å²) in [5, 5.41) is 6.00. The zero-order valence-corrected chi connectivity index (χ0v) is 14.4. The van der Waals surface area contributed by atoms with Crippen LogP contribution in [-0.2, 0) is 9.59 Å². The lowest BCUT2D eigenvalue weighted by molar-refractivity contribution is -0.129. The van der Waals surface area contributed by atoms with Crippen LogP contribution in [0.1, 0.15) is 18.7 Å². The molecule has 2 heterocycles. The largest absolute Gasteiger partial charge is 0.476 e. The van der Waals surface area contributed by atoms with Gasteiger partial charge in [0.05, 0.1) is 17.9 Å². The van der Waals surface area contributed by atoms with Gasteiger partial charge in [0.1, 0.15) is 5.75 Å². The van der Waals surface area contributed by atoms with Crippen LogP contribution in [0.4, 0.5) is 10.8 Å². The van der Waals surface area contributed by atoms with E-state index < -0.39 is 5.60 Å². The maximum Gasteiger partial charge on any atom is 0.268 e. The molecule has 2 aromatic rings. The summed E-state index contributed by atoms with van der Waals surface area (Å²) in [5.41, 5.74) is 6.59. The zero-order chi connectivity index (χ0) is 17.5. The topological polar surface area (TPSA) is 106 Å². The first-order chi connectivity index (χ1) is 11.3. The number of hydrogen-bond donors (Lipinski definition) is 3. The first kappa shape index (κ1) is 16.4. The molecule has 2 amide bonds. The molecule has 0 unspecified atom stereocenters. The summed E-state index contributed by atoms with van der Waals surface area (Å²) in [6.07, 6.45) is 0. The lowest BCUT2D eigenvalue weighted by Gasteiger charge is -2.31. The standard InChI is InChI=1S/C16H18N4O3S/c1-8-13(20-15(24-8)19-12(21)7-17)9-4-5-11-10(6-9)18-14(22)16(2,3)23-11/h4-6H,7,17H2,1-3H3,(H,18,22)(H,19,20,21). The number of hydrogen-bond acceptors (Lipinski definition) is 6. The van der Waals surface area contributed by atoms with Gasteiger partial charge >= 0.3 is 0 Å². The second kappa shape index (κ2) is 5.88. The number of carbonyl (C=O) groups is 2. The predicted molar refractivity (Wildman–Crippen MR) is 93.3 cm³/mol. The van der Waals surface area contributed by atoms with Gasteiger partial charge in [-0.15, -0.1) is 11.3 Å². The highest BCUT2D eigenvalue weighted by molar-refractivity contribution is 7.16. The smallest absolute Gasteiger partial charge is 0.268 e. The van der Waals surface area contributed by atoms with E-state index in [2.05, 4.69) is 15.6 Å². The van der Waals surface area contributed by atoms with Crippen molar-refractivity contribution in [2.24, 2.45) is 5.73 Å². The van der Waals surface area contributed by atoms with Gasteiger partial charge in [0.15, 0.2) is 10.7 Å². The highest BCUT2D eigenvalue weighted by Gasteiger charge is 2.35. The normalized spacial score (nSPS) is 15.2. The highest BCUT2D eigenvalue weighted by atomic mass is 32.1. The summed E-state index contributed by atoms with van der Waals surface area (Å²) < 4.78 is 5.72. The molecular weight excluding hydrogens is 328 g/mol. The van der Waals surface area contributed by atoms with E-state index in [1.807, 2.05) is 25.1 Å². The summed E-state index contributed by atoms with van der Waals surface area (Å²) in [4.78, 5) is 28.8. The first-order valence-corrected chi connectivity index (χ1v) is 8.24. The zero-order valence-electron chi connectivity index (χ0n) is 13.6. The number of amides is 2. The van der Waals surface area contributed by atoms with E-state index in [-0.39, 0.29) is 18.4 Å². The van der Waals surface area contributed by atoms with Gasteiger partial charge in [-0.1, -0.05) is 0 Å². The number of aromatic nitrogens is 1. The molecule has 3 rings (SSSR count). The molecule has 7 nitrogen and oxygen atoms in total. The minimum absolute atomic E-state index is 0.0913. The number of thiazole rings is 1. The Morgan fingerprint density at radius 1 is 1.46 bits per heavy atom. The molecule has 1 aromatic carbocycles. The molecule has 0 aliphatic carbocycles. The number of anilines is 2. The van der Waals surface area contributed by atoms with Crippen LogP contribution in [0.5, 0.6) is 5.75 Å². The van der Waals surface area contributed by atoms with Crippen molar-refractivity contribution in [3.05, 3.63) is 23.1 Å². The van der Waals surface area contributed by atoms with E-state index >= 15 is 0 Å². The molecule has 1 aliphatic rings. The van der Waals surface area contributed by atoms with Crippen molar-refractivity contribution in [1.82, 2.24) is 4.98 Å². The number of carbonyl (C=O) groups excluding carboxylic acids is 2. The summed E-state index contributed by atoms with van der Waals surface area (Å²) in [7, 11) is 0. The van der Waals surface area contributed by atoms with Gasteiger partial charge in [0.25, 0.3) is 5.91 Å². The van der Waals surface area contributed by atoms with Crippen molar-refractivity contribution in [2.45, 2.75) is 26.4 Å². The molecule has 0 saturated heterocycles. The molecule has 24 heavy (non-hydrogen) atoms. The fourth-order valence-electron chi connectivity index (χ4n) is 2.35. The number of nitrogens with one attached hydrogen (secondary N) is 2. The summed E-state index contributed by atoms with van der Waals surface area (Å²) >= 11 is 1.37. The Morgan fingerprint density at radius 3 is 2.92 bits per heavy atom. The van der Waals surface area contributed by atoms with Gasteiger partial charge in [-0.05, 0) is 39.0 Å². The van der Waals surface area contributed by atoms with Crippen molar-refractivity contribution < 1.29 is 14.3 Å². The molecule has 0 fully saturated rings. The SMILES string of the molecule is Cc1sc(NC(=O)CN)nc1-c1ccc2c(c1)NC(=O)C(C)(C)O2. The van der Waals surface area contributed by atoms with Gasteiger partial charge in [0.2, 0.25) is 5.91 Å². The van der Waals surface area contributed by atoms with Crippen molar-refractivity contribution in [3.63, 3.8) is 0 Å². The second-order valence-corrected chi connectivity index (χ2v) is 7.16. The van der Waals surface area contributed by atoms with Crippen molar-refractivity contribution in [2.75, 3.05) is 17.2 Å². The highest BCUT2D eigenvalue weighted by Crippen LogP contribution is 2.38. The number of aryl methyl sites for hydroxylation is 1. The van der Waals surface area contributed by atoms with Gasteiger partial charge in [-0.3, -0.25) is 9.59 Å². The Kier molecular flexibility index (Phi) is 4.02. The fraction of sp³-hybridized carbons (Fsp3) is 0.312. The summed E-state index contributed by atoms with van der Waals surface area (Å²) in [6.45, 7) is 5.26. The van der Waals surface area contributed by atoms with Crippen molar-refractivity contribution in [3.8, 4) is 17.0 Å². The molecule has 8 heteroatoms. The van der Waals surface area contributed by atoms with Crippen LogP contribution in [-0.4, -0.2) is 28.9 Å². The molecule has 0 radical (unpaired) electrons. The van der Waals surface area contributed by atoms with Crippen molar-refractivity contribution in [1.29, 1.82) is 0 Å². The maximum atomic E-state index is 12.0. The van der Waals surface area contributed by atoms with Crippen molar-refractivity contribution >= 4 is 34.0 Å². The minimum atomic E-state index is -0.898. The van der Waals surface area contributed by atoms with Crippen LogP contribution in [0.2, 0.25) is 0 Å².